The lowest BCUT2D eigenvalue weighted by Gasteiger charge is -2.46. The number of carbonyl (C=O) groups excluding carboxylic acids is 1. The van der Waals surface area contributed by atoms with E-state index in [0.717, 1.165) is 31.1 Å². The zero-order valence-electron chi connectivity index (χ0n) is 18.3. The number of hydrogen-bond acceptors (Lipinski definition) is 5. The highest BCUT2D eigenvalue weighted by atomic mass is 35.5. The first-order chi connectivity index (χ1) is 15.8. The SMILES string of the molecule is Cc1ccc(OCNC(=O)C23CCC(CNC(O)c4cc5cc(Cl)ccc5o4)(C2)C3)cc1F. The fraction of sp³-hybridized carbons (Fsp3) is 0.400. The summed E-state index contributed by atoms with van der Waals surface area (Å²) in [5.74, 6) is 0.460. The van der Waals surface area contributed by atoms with Crippen LogP contribution < -0.4 is 15.4 Å². The van der Waals surface area contributed by atoms with Gasteiger partial charge in [-0.25, -0.2) is 4.39 Å². The summed E-state index contributed by atoms with van der Waals surface area (Å²) >= 11 is 6.02. The number of amides is 1. The molecular weight excluding hydrogens is 447 g/mol. The number of aryl methyl sites for hydroxylation is 1. The van der Waals surface area contributed by atoms with Gasteiger partial charge in [0, 0.05) is 23.0 Å². The van der Waals surface area contributed by atoms with Crippen molar-refractivity contribution < 1.29 is 23.4 Å². The van der Waals surface area contributed by atoms with Crippen molar-refractivity contribution in [1.29, 1.82) is 0 Å². The Morgan fingerprint density at radius 2 is 2.06 bits per heavy atom. The maximum absolute atomic E-state index is 13.6. The molecule has 3 N–H and O–H groups in total. The van der Waals surface area contributed by atoms with E-state index >= 15 is 0 Å². The lowest BCUT2D eigenvalue weighted by atomic mass is 9.59. The van der Waals surface area contributed by atoms with Gasteiger partial charge < -0.3 is 19.6 Å². The van der Waals surface area contributed by atoms with Crippen LogP contribution in [0.25, 0.3) is 11.0 Å². The minimum absolute atomic E-state index is 0.00309. The number of carbonyl (C=O) groups is 1. The molecule has 2 bridgehead atoms. The number of fused-ring (bicyclic) bond motifs is 2. The summed E-state index contributed by atoms with van der Waals surface area (Å²) in [6.07, 6.45) is 2.32. The molecule has 0 radical (unpaired) electrons. The van der Waals surface area contributed by atoms with Gasteiger partial charge in [-0.05, 0) is 73.9 Å². The summed E-state index contributed by atoms with van der Waals surface area (Å²) in [6.45, 7) is 2.28. The molecule has 3 aliphatic rings. The topological polar surface area (TPSA) is 83.7 Å². The number of aliphatic hydroxyl groups is 1. The summed E-state index contributed by atoms with van der Waals surface area (Å²) in [7, 11) is 0. The average Bonchev–Trinajstić information content (AvgIpc) is 3.46. The second kappa shape index (κ2) is 8.31. The van der Waals surface area contributed by atoms with Crippen LogP contribution in [-0.4, -0.2) is 24.3 Å². The molecule has 174 valence electrons. The Morgan fingerprint density at radius 1 is 1.24 bits per heavy atom. The zero-order chi connectivity index (χ0) is 23.2. The van der Waals surface area contributed by atoms with Gasteiger partial charge in [0.25, 0.3) is 0 Å². The minimum atomic E-state index is -0.932. The van der Waals surface area contributed by atoms with E-state index in [9.17, 15) is 14.3 Å². The third kappa shape index (κ3) is 4.21. The fourth-order valence-corrected chi connectivity index (χ4v) is 5.53. The monoisotopic (exact) mass is 472 g/mol. The molecule has 33 heavy (non-hydrogen) atoms. The van der Waals surface area contributed by atoms with Gasteiger partial charge in [-0.15, -0.1) is 0 Å². The highest BCUT2D eigenvalue weighted by Crippen LogP contribution is 2.66. The number of halogens is 2. The van der Waals surface area contributed by atoms with E-state index in [2.05, 4.69) is 10.6 Å². The van der Waals surface area contributed by atoms with Crippen LogP contribution in [0.2, 0.25) is 5.02 Å². The van der Waals surface area contributed by atoms with Crippen molar-refractivity contribution in [2.24, 2.45) is 10.8 Å². The summed E-state index contributed by atoms with van der Waals surface area (Å²) in [4.78, 5) is 12.8. The van der Waals surface area contributed by atoms with Crippen LogP contribution in [0.4, 0.5) is 4.39 Å². The fourth-order valence-electron chi connectivity index (χ4n) is 5.35. The van der Waals surface area contributed by atoms with E-state index in [1.807, 2.05) is 0 Å². The van der Waals surface area contributed by atoms with Crippen LogP contribution in [0.5, 0.6) is 5.75 Å². The normalized spacial score (nSPS) is 24.5. The summed E-state index contributed by atoms with van der Waals surface area (Å²) in [5.41, 5.74) is 0.828. The molecule has 1 atom stereocenters. The average molecular weight is 473 g/mol. The quantitative estimate of drug-likeness (QED) is 0.409. The van der Waals surface area contributed by atoms with Crippen LogP contribution in [-0.2, 0) is 4.79 Å². The molecule has 0 saturated heterocycles. The molecule has 1 heterocycles. The number of ether oxygens (including phenoxy) is 1. The smallest absolute Gasteiger partial charge is 0.228 e. The molecule has 2 aromatic carbocycles. The van der Waals surface area contributed by atoms with Gasteiger partial charge in [0.05, 0.1) is 5.41 Å². The van der Waals surface area contributed by atoms with Crippen LogP contribution >= 0.6 is 11.6 Å². The maximum atomic E-state index is 13.6. The van der Waals surface area contributed by atoms with Crippen LogP contribution in [0.1, 0.15) is 43.2 Å². The summed E-state index contributed by atoms with van der Waals surface area (Å²) < 4.78 is 24.8. The molecule has 3 saturated carbocycles. The molecule has 3 aliphatic carbocycles. The summed E-state index contributed by atoms with van der Waals surface area (Å²) in [6, 6.07) is 11.7. The third-order valence-electron chi connectivity index (χ3n) is 7.09. The van der Waals surface area contributed by atoms with Gasteiger partial charge in [0.15, 0.2) is 13.0 Å². The third-order valence-corrected chi connectivity index (χ3v) is 7.33. The highest BCUT2D eigenvalue weighted by molar-refractivity contribution is 6.31. The Labute approximate surface area is 196 Å². The van der Waals surface area contributed by atoms with Crippen molar-refractivity contribution in [3.63, 3.8) is 0 Å². The minimum Gasteiger partial charge on any atom is -0.473 e. The zero-order valence-corrected chi connectivity index (χ0v) is 19.0. The predicted molar refractivity (Wildman–Crippen MR) is 122 cm³/mol. The molecule has 1 aromatic heterocycles. The van der Waals surface area contributed by atoms with E-state index in [1.165, 1.54) is 6.07 Å². The summed E-state index contributed by atoms with van der Waals surface area (Å²) in [5, 5.41) is 18.0. The number of hydrogen-bond donors (Lipinski definition) is 3. The van der Waals surface area contributed by atoms with Gasteiger partial charge in [-0.3, -0.25) is 10.1 Å². The first-order valence-corrected chi connectivity index (χ1v) is 11.4. The Kier molecular flexibility index (Phi) is 5.59. The predicted octanol–water partition coefficient (Wildman–Crippen LogP) is 4.83. The molecule has 6 nitrogen and oxygen atoms in total. The lowest BCUT2D eigenvalue weighted by Crippen LogP contribution is -2.52. The molecule has 0 aliphatic heterocycles. The van der Waals surface area contributed by atoms with Gasteiger partial charge in [0.1, 0.15) is 22.9 Å². The van der Waals surface area contributed by atoms with Crippen molar-refractivity contribution in [1.82, 2.24) is 10.6 Å². The molecule has 6 rings (SSSR count). The standard InChI is InChI=1S/C25H26ClFN2O4/c1-15-2-4-18(10-19(15)27)32-14-29-23(31)25-7-6-24(11-25,12-25)13-28-22(30)21-9-16-8-17(26)3-5-20(16)33-21/h2-5,8-10,22,28,30H,6-7,11-14H2,1H3,(H,29,31). The van der Waals surface area contributed by atoms with Gasteiger partial charge in [-0.1, -0.05) is 17.7 Å². The Hall–Kier alpha value is -2.61. The second-order valence-electron chi connectivity index (χ2n) is 9.45. The van der Waals surface area contributed by atoms with Crippen molar-refractivity contribution in [3.8, 4) is 5.75 Å². The van der Waals surface area contributed by atoms with Crippen LogP contribution in [0, 0.1) is 23.6 Å². The first kappa shape index (κ1) is 22.2. The van der Waals surface area contributed by atoms with E-state index in [0.29, 0.717) is 34.2 Å². The molecule has 1 amide bonds. The van der Waals surface area contributed by atoms with Gasteiger partial charge in [-0.2, -0.15) is 0 Å². The number of aliphatic hydroxyl groups excluding tert-OH is 1. The Bertz CT molecular complexity index is 1200. The van der Waals surface area contributed by atoms with Gasteiger partial charge in [0.2, 0.25) is 5.91 Å². The lowest BCUT2D eigenvalue weighted by molar-refractivity contribution is -0.139. The molecule has 3 aromatic rings. The van der Waals surface area contributed by atoms with E-state index in [1.54, 1.807) is 43.3 Å². The molecule has 8 heteroatoms. The molecule has 0 spiro atoms. The van der Waals surface area contributed by atoms with Crippen LogP contribution in [0.3, 0.4) is 0 Å². The first-order valence-electron chi connectivity index (χ1n) is 11.1. The van der Waals surface area contributed by atoms with Crippen molar-refractivity contribution in [2.45, 2.75) is 38.8 Å². The van der Waals surface area contributed by atoms with Gasteiger partial charge >= 0.3 is 0 Å². The van der Waals surface area contributed by atoms with E-state index in [4.69, 9.17) is 20.8 Å². The van der Waals surface area contributed by atoms with E-state index < -0.39 is 6.23 Å². The number of furan rings is 1. The van der Waals surface area contributed by atoms with Crippen LogP contribution in [0.15, 0.2) is 46.9 Å². The highest BCUT2D eigenvalue weighted by Gasteiger charge is 2.63. The second-order valence-corrected chi connectivity index (χ2v) is 9.89. The molecule has 1 unspecified atom stereocenters. The number of benzene rings is 2. The van der Waals surface area contributed by atoms with Crippen molar-refractivity contribution >= 4 is 28.5 Å². The molecule has 3 fully saturated rings. The number of nitrogens with one attached hydrogen (secondary N) is 2. The van der Waals surface area contributed by atoms with Crippen molar-refractivity contribution in [2.75, 3.05) is 13.3 Å². The van der Waals surface area contributed by atoms with E-state index in [-0.39, 0.29) is 29.3 Å². The maximum Gasteiger partial charge on any atom is 0.228 e. The Morgan fingerprint density at radius 3 is 2.85 bits per heavy atom. The molecular formula is C25H26ClFN2O4. The largest absolute Gasteiger partial charge is 0.473 e. The van der Waals surface area contributed by atoms with Crippen molar-refractivity contribution in [3.05, 3.63) is 64.6 Å². The Balaban J connectivity index is 1.11. The number of rotatable bonds is 8.